The second kappa shape index (κ2) is 5.75. The SMILES string of the molecule is CN(Cc1cscn1)c1ccc(CCN)cn1. The van der Waals surface area contributed by atoms with Gasteiger partial charge in [0.25, 0.3) is 0 Å². The Balaban J connectivity index is 2.01. The summed E-state index contributed by atoms with van der Waals surface area (Å²) in [5.41, 5.74) is 9.60. The van der Waals surface area contributed by atoms with Gasteiger partial charge in [0.1, 0.15) is 5.82 Å². The maximum absolute atomic E-state index is 5.50. The molecule has 0 saturated heterocycles. The van der Waals surface area contributed by atoms with E-state index in [0.717, 1.165) is 24.5 Å². The lowest BCUT2D eigenvalue weighted by molar-refractivity contribution is 0.869. The third-order valence-corrected chi connectivity index (χ3v) is 3.15. The van der Waals surface area contributed by atoms with Crippen LogP contribution in [0.5, 0.6) is 0 Å². The van der Waals surface area contributed by atoms with Gasteiger partial charge in [-0.25, -0.2) is 9.97 Å². The summed E-state index contributed by atoms with van der Waals surface area (Å²) in [5.74, 6) is 0.957. The number of thiazole rings is 1. The van der Waals surface area contributed by atoms with E-state index in [2.05, 4.69) is 26.3 Å². The van der Waals surface area contributed by atoms with Gasteiger partial charge in [0.15, 0.2) is 0 Å². The second-order valence-electron chi connectivity index (χ2n) is 3.90. The van der Waals surface area contributed by atoms with Crippen molar-refractivity contribution in [2.24, 2.45) is 5.73 Å². The molecule has 2 aromatic heterocycles. The molecule has 0 radical (unpaired) electrons. The molecule has 0 fully saturated rings. The van der Waals surface area contributed by atoms with Crippen LogP contribution in [0, 0.1) is 0 Å². The molecule has 2 aromatic rings. The molecule has 0 aliphatic heterocycles. The highest BCUT2D eigenvalue weighted by Gasteiger charge is 2.04. The van der Waals surface area contributed by atoms with E-state index in [1.807, 2.05) is 24.8 Å². The van der Waals surface area contributed by atoms with Gasteiger partial charge in [0.05, 0.1) is 17.7 Å². The summed E-state index contributed by atoms with van der Waals surface area (Å²) in [4.78, 5) is 10.8. The number of pyridine rings is 1. The van der Waals surface area contributed by atoms with Crippen LogP contribution in [0.3, 0.4) is 0 Å². The normalized spacial score (nSPS) is 10.5. The Morgan fingerprint density at radius 3 is 2.82 bits per heavy atom. The van der Waals surface area contributed by atoms with Gasteiger partial charge in [-0.3, -0.25) is 0 Å². The highest BCUT2D eigenvalue weighted by Crippen LogP contribution is 2.13. The summed E-state index contributed by atoms with van der Waals surface area (Å²) < 4.78 is 0. The second-order valence-corrected chi connectivity index (χ2v) is 4.62. The van der Waals surface area contributed by atoms with E-state index in [9.17, 15) is 0 Å². The Morgan fingerprint density at radius 2 is 2.24 bits per heavy atom. The van der Waals surface area contributed by atoms with Crippen molar-refractivity contribution in [1.29, 1.82) is 0 Å². The third kappa shape index (κ3) is 3.25. The van der Waals surface area contributed by atoms with Crippen LogP contribution in [-0.2, 0) is 13.0 Å². The molecule has 4 nitrogen and oxygen atoms in total. The van der Waals surface area contributed by atoms with Crippen molar-refractivity contribution >= 4 is 17.2 Å². The maximum atomic E-state index is 5.50. The smallest absolute Gasteiger partial charge is 0.128 e. The minimum absolute atomic E-state index is 0.662. The van der Waals surface area contributed by atoms with E-state index in [1.165, 1.54) is 5.56 Å². The van der Waals surface area contributed by atoms with Crippen molar-refractivity contribution in [3.8, 4) is 0 Å². The van der Waals surface area contributed by atoms with Crippen molar-refractivity contribution in [3.05, 3.63) is 40.5 Å². The molecule has 0 amide bonds. The Labute approximate surface area is 105 Å². The van der Waals surface area contributed by atoms with Gasteiger partial charge in [0.2, 0.25) is 0 Å². The van der Waals surface area contributed by atoms with Gasteiger partial charge in [-0.1, -0.05) is 6.07 Å². The van der Waals surface area contributed by atoms with Crippen LogP contribution in [0.2, 0.25) is 0 Å². The molecule has 0 unspecified atom stereocenters. The monoisotopic (exact) mass is 248 g/mol. The fourth-order valence-corrected chi connectivity index (χ4v) is 2.15. The lowest BCUT2D eigenvalue weighted by Gasteiger charge is -2.16. The number of hydrogen-bond donors (Lipinski definition) is 1. The molecule has 0 spiro atoms. The fraction of sp³-hybridized carbons (Fsp3) is 0.333. The fourth-order valence-electron chi connectivity index (χ4n) is 1.60. The van der Waals surface area contributed by atoms with Gasteiger partial charge in [-0.15, -0.1) is 11.3 Å². The number of nitrogens with zero attached hydrogens (tertiary/aromatic N) is 3. The molecular formula is C12H16N4S. The molecule has 5 heteroatoms. The highest BCUT2D eigenvalue weighted by atomic mass is 32.1. The van der Waals surface area contributed by atoms with Gasteiger partial charge < -0.3 is 10.6 Å². The summed E-state index contributed by atoms with van der Waals surface area (Å²) in [6.07, 6.45) is 2.77. The minimum Gasteiger partial charge on any atom is -0.354 e. The first-order valence-electron chi connectivity index (χ1n) is 5.53. The number of aromatic nitrogens is 2. The van der Waals surface area contributed by atoms with Gasteiger partial charge in [-0.05, 0) is 24.6 Å². The Morgan fingerprint density at radius 1 is 1.35 bits per heavy atom. The van der Waals surface area contributed by atoms with Crippen molar-refractivity contribution in [2.75, 3.05) is 18.5 Å². The average molecular weight is 248 g/mol. The molecule has 0 aliphatic carbocycles. The summed E-state index contributed by atoms with van der Waals surface area (Å²) in [5, 5.41) is 2.05. The maximum Gasteiger partial charge on any atom is 0.128 e. The molecule has 0 bridgehead atoms. The lowest BCUT2D eigenvalue weighted by atomic mass is 10.2. The van der Waals surface area contributed by atoms with Crippen LogP contribution in [0.1, 0.15) is 11.3 Å². The zero-order chi connectivity index (χ0) is 12.1. The first-order valence-corrected chi connectivity index (χ1v) is 6.47. The van der Waals surface area contributed by atoms with Crippen molar-refractivity contribution in [3.63, 3.8) is 0 Å². The summed E-state index contributed by atoms with van der Waals surface area (Å²) in [7, 11) is 2.02. The van der Waals surface area contributed by atoms with Crippen LogP contribution in [-0.4, -0.2) is 23.6 Å². The molecule has 2 heterocycles. The summed E-state index contributed by atoms with van der Waals surface area (Å²) >= 11 is 1.61. The molecule has 17 heavy (non-hydrogen) atoms. The minimum atomic E-state index is 0.662. The van der Waals surface area contributed by atoms with E-state index in [1.54, 1.807) is 11.3 Å². The summed E-state index contributed by atoms with van der Waals surface area (Å²) in [6, 6.07) is 4.10. The van der Waals surface area contributed by atoms with Crippen LogP contribution in [0.15, 0.2) is 29.2 Å². The largest absolute Gasteiger partial charge is 0.354 e. The molecule has 90 valence electrons. The van der Waals surface area contributed by atoms with Crippen molar-refractivity contribution in [1.82, 2.24) is 9.97 Å². The Hall–Kier alpha value is -1.46. The molecule has 2 rings (SSSR count). The van der Waals surface area contributed by atoms with Gasteiger partial charge in [0, 0.05) is 18.6 Å². The molecular weight excluding hydrogens is 232 g/mol. The number of rotatable bonds is 5. The molecule has 0 aliphatic rings. The first kappa shape index (κ1) is 12.0. The molecule has 2 N–H and O–H groups in total. The van der Waals surface area contributed by atoms with E-state index in [0.29, 0.717) is 6.54 Å². The highest BCUT2D eigenvalue weighted by molar-refractivity contribution is 7.07. The topological polar surface area (TPSA) is 55.0 Å². The Kier molecular flexibility index (Phi) is 4.06. The third-order valence-electron chi connectivity index (χ3n) is 2.52. The number of hydrogen-bond acceptors (Lipinski definition) is 5. The zero-order valence-electron chi connectivity index (χ0n) is 9.84. The molecule has 0 atom stereocenters. The average Bonchev–Trinajstić information content (AvgIpc) is 2.83. The molecule has 0 saturated carbocycles. The lowest BCUT2D eigenvalue weighted by Crippen LogP contribution is -2.17. The predicted molar refractivity (Wildman–Crippen MR) is 71.2 cm³/mol. The Bertz CT molecular complexity index is 438. The van der Waals surface area contributed by atoms with E-state index < -0.39 is 0 Å². The van der Waals surface area contributed by atoms with Crippen LogP contribution >= 0.6 is 11.3 Å². The van der Waals surface area contributed by atoms with E-state index >= 15 is 0 Å². The molecule has 0 aromatic carbocycles. The van der Waals surface area contributed by atoms with Gasteiger partial charge in [-0.2, -0.15) is 0 Å². The van der Waals surface area contributed by atoms with Crippen molar-refractivity contribution < 1.29 is 0 Å². The summed E-state index contributed by atoms with van der Waals surface area (Å²) in [6.45, 7) is 1.45. The van der Waals surface area contributed by atoms with E-state index in [4.69, 9.17) is 5.73 Å². The predicted octanol–water partition coefficient (Wildman–Crippen LogP) is 1.68. The van der Waals surface area contributed by atoms with Crippen LogP contribution in [0.25, 0.3) is 0 Å². The number of anilines is 1. The first-order chi connectivity index (χ1) is 8.29. The van der Waals surface area contributed by atoms with Gasteiger partial charge >= 0.3 is 0 Å². The van der Waals surface area contributed by atoms with Crippen LogP contribution in [0.4, 0.5) is 5.82 Å². The zero-order valence-corrected chi connectivity index (χ0v) is 10.7. The number of nitrogens with two attached hydrogens (primary N) is 1. The van der Waals surface area contributed by atoms with E-state index in [-0.39, 0.29) is 0 Å². The van der Waals surface area contributed by atoms with Crippen molar-refractivity contribution in [2.45, 2.75) is 13.0 Å². The quantitative estimate of drug-likeness (QED) is 0.874. The standard InChI is InChI=1S/C12H16N4S/c1-16(7-11-8-17-9-15-11)12-3-2-10(4-5-13)6-14-12/h2-3,6,8-9H,4-5,7,13H2,1H3. The van der Waals surface area contributed by atoms with Crippen LogP contribution < -0.4 is 10.6 Å².